The van der Waals surface area contributed by atoms with Crippen molar-refractivity contribution in [3.05, 3.63) is 61.6 Å². The third-order valence-corrected chi connectivity index (χ3v) is 4.19. The summed E-state index contributed by atoms with van der Waals surface area (Å²) in [6.45, 7) is 0. The maximum atomic E-state index is 12.2. The van der Waals surface area contributed by atoms with Crippen LogP contribution < -0.4 is 15.4 Å². The summed E-state index contributed by atoms with van der Waals surface area (Å²) in [4.78, 5) is 22.4. The van der Waals surface area contributed by atoms with Crippen LogP contribution in [0.3, 0.4) is 0 Å². The van der Waals surface area contributed by atoms with Crippen LogP contribution in [0.15, 0.2) is 40.9 Å². The summed E-state index contributed by atoms with van der Waals surface area (Å²) in [6.07, 6.45) is 0. The highest BCUT2D eigenvalue weighted by molar-refractivity contribution is 9.10. The number of nitro benzene ring substituents is 1. The molecular formula is C15H11BrClN3O4S. The van der Waals surface area contributed by atoms with Gasteiger partial charge in [0.2, 0.25) is 0 Å². The van der Waals surface area contributed by atoms with E-state index in [0.29, 0.717) is 15.9 Å². The van der Waals surface area contributed by atoms with Gasteiger partial charge in [0.15, 0.2) is 5.11 Å². The van der Waals surface area contributed by atoms with E-state index in [0.717, 1.165) is 6.07 Å². The molecule has 0 aromatic heterocycles. The summed E-state index contributed by atoms with van der Waals surface area (Å²) in [5.41, 5.74) is 0.337. The van der Waals surface area contributed by atoms with Gasteiger partial charge in [0.1, 0.15) is 10.8 Å². The molecule has 2 rings (SSSR count). The van der Waals surface area contributed by atoms with Crippen LogP contribution in [-0.4, -0.2) is 23.1 Å². The third kappa shape index (κ3) is 4.88. The number of halogens is 2. The molecule has 1 amide bonds. The summed E-state index contributed by atoms with van der Waals surface area (Å²) >= 11 is 14.1. The number of amides is 1. The second kappa shape index (κ2) is 8.24. The van der Waals surface area contributed by atoms with Gasteiger partial charge in [-0.2, -0.15) is 0 Å². The van der Waals surface area contributed by atoms with Crippen LogP contribution in [0.5, 0.6) is 5.75 Å². The minimum absolute atomic E-state index is 0.0414. The Bertz CT molecular complexity index is 863. The van der Waals surface area contributed by atoms with Crippen LogP contribution in [-0.2, 0) is 0 Å². The van der Waals surface area contributed by atoms with Gasteiger partial charge in [-0.25, -0.2) is 0 Å². The number of nitrogens with one attached hydrogen (secondary N) is 2. The molecule has 0 saturated carbocycles. The number of nitro groups is 1. The fraction of sp³-hybridized carbons (Fsp3) is 0.0667. The van der Waals surface area contributed by atoms with E-state index in [1.54, 1.807) is 25.3 Å². The van der Waals surface area contributed by atoms with Gasteiger partial charge >= 0.3 is 0 Å². The van der Waals surface area contributed by atoms with E-state index < -0.39 is 10.8 Å². The fourth-order valence-electron chi connectivity index (χ4n) is 1.88. The van der Waals surface area contributed by atoms with Crippen LogP contribution >= 0.6 is 39.7 Å². The third-order valence-electron chi connectivity index (χ3n) is 3.04. The van der Waals surface area contributed by atoms with Crippen LogP contribution in [0.2, 0.25) is 5.02 Å². The van der Waals surface area contributed by atoms with Crippen LogP contribution in [0.25, 0.3) is 0 Å². The fourth-order valence-corrected chi connectivity index (χ4v) is 2.81. The predicted molar refractivity (Wildman–Crippen MR) is 102 cm³/mol. The quantitative estimate of drug-likeness (QED) is 0.418. The van der Waals surface area contributed by atoms with E-state index in [1.165, 1.54) is 12.1 Å². The summed E-state index contributed by atoms with van der Waals surface area (Å²) in [5.74, 6) is 0.0545. The molecule has 0 fully saturated rings. The molecule has 2 N–H and O–H groups in total. The molecule has 0 aliphatic carbocycles. The molecule has 0 bridgehead atoms. The largest absolute Gasteiger partial charge is 0.496 e. The summed E-state index contributed by atoms with van der Waals surface area (Å²) in [7, 11) is 1.54. The first kappa shape index (κ1) is 19.1. The molecule has 2 aromatic rings. The zero-order chi connectivity index (χ0) is 18.6. The molecule has 7 nitrogen and oxygen atoms in total. The van der Waals surface area contributed by atoms with Crippen LogP contribution in [0, 0.1) is 10.1 Å². The van der Waals surface area contributed by atoms with E-state index >= 15 is 0 Å². The van der Waals surface area contributed by atoms with E-state index in [2.05, 4.69) is 26.6 Å². The number of carbonyl (C=O) groups excluding carboxylic acids is 1. The molecule has 25 heavy (non-hydrogen) atoms. The molecule has 0 aliphatic rings. The minimum atomic E-state index is -0.662. The number of benzene rings is 2. The number of anilines is 1. The predicted octanol–water partition coefficient (Wildman–Crippen LogP) is 4.15. The van der Waals surface area contributed by atoms with Gasteiger partial charge in [0.25, 0.3) is 11.6 Å². The highest BCUT2D eigenvalue weighted by Gasteiger charge is 2.17. The number of methoxy groups -OCH3 is 1. The first-order valence-corrected chi connectivity index (χ1v) is 8.29. The summed E-state index contributed by atoms with van der Waals surface area (Å²) in [6, 6.07) is 8.91. The van der Waals surface area contributed by atoms with Crippen molar-refractivity contribution in [3.63, 3.8) is 0 Å². The van der Waals surface area contributed by atoms with E-state index in [9.17, 15) is 14.9 Å². The number of ether oxygens (including phenoxy) is 1. The Balaban J connectivity index is 2.08. The smallest absolute Gasteiger partial charge is 0.288 e. The number of thiocarbonyl (C=S) groups is 1. The highest BCUT2D eigenvalue weighted by atomic mass is 79.9. The molecule has 0 radical (unpaired) electrons. The van der Waals surface area contributed by atoms with Gasteiger partial charge in [0.05, 0.1) is 16.5 Å². The van der Waals surface area contributed by atoms with Crippen molar-refractivity contribution < 1.29 is 14.5 Å². The molecule has 0 aliphatic heterocycles. The van der Waals surface area contributed by atoms with Crippen LogP contribution in [0.4, 0.5) is 11.4 Å². The SMILES string of the molecule is COc1ccc(NC(=S)NC(=O)c2ccc(Cl)c([N+](=O)[O-])c2)cc1Br. The van der Waals surface area contributed by atoms with Crippen LogP contribution in [0.1, 0.15) is 10.4 Å². The zero-order valence-electron chi connectivity index (χ0n) is 12.7. The lowest BCUT2D eigenvalue weighted by atomic mass is 10.2. The lowest BCUT2D eigenvalue weighted by Gasteiger charge is -2.11. The monoisotopic (exact) mass is 443 g/mol. The van der Waals surface area contributed by atoms with Crippen molar-refractivity contribution in [1.82, 2.24) is 5.32 Å². The average molecular weight is 445 g/mol. The molecule has 0 spiro atoms. The Kier molecular flexibility index (Phi) is 6.29. The summed E-state index contributed by atoms with van der Waals surface area (Å²) < 4.78 is 5.84. The van der Waals surface area contributed by atoms with Gasteiger partial charge in [0, 0.05) is 17.3 Å². The maximum absolute atomic E-state index is 12.2. The van der Waals surface area contributed by atoms with E-state index in [4.69, 9.17) is 28.6 Å². The molecule has 0 heterocycles. The van der Waals surface area contributed by atoms with Crippen molar-refractivity contribution in [3.8, 4) is 5.75 Å². The van der Waals surface area contributed by atoms with Crippen molar-refractivity contribution in [2.75, 3.05) is 12.4 Å². The van der Waals surface area contributed by atoms with Gasteiger partial charge in [-0.1, -0.05) is 11.6 Å². The normalized spacial score (nSPS) is 10.0. The number of hydrogen-bond acceptors (Lipinski definition) is 5. The van der Waals surface area contributed by atoms with Crippen molar-refractivity contribution >= 4 is 62.1 Å². The molecule has 0 saturated heterocycles. The van der Waals surface area contributed by atoms with E-state index in [1.807, 2.05) is 0 Å². The lowest BCUT2D eigenvalue weighted by Crippen LogP contribution is -2.34. The summed E-state index contributed by atoms with van der Waals surface area (Å²) in [5, 5.41) is 16.2. The molecule has 0 unspecified atom stereocenters. The standard InChI is InChI=1S/C15H11BrClN3O4S/c1-24-13-5-3-9(7-10(13)16)18-15(25)19-14(21)8-2-4-11(17)12(6-8)20(22)23/h2-7H,1H3,(H2,18,19,21,25). The molecule has 10 heteroatoms. The highest BCUT2D eigenvalue weighted by Crippen LogP contribution is 2.28. The number of hydrogen-bond donors (Lipinski definition) is 2. The van der Waals surface area contributed by atoms with E-state index in [-0.39, 0.29) is 21.4 Å². The van der Waals surface area contributed by atoms with Crippen molar-refractivity contribution in [2.45, 2.75) is 0 Å². The van der Waals surface area contributed by atoms with Gasteiger partial charge in [-0.15, -0.1) is 0 Å². The van der Waals surface area contributed by atoms with Crippen molar-refractivity contribution in [1.29, 1.82) is 0 Å². The first-order chi connectivity index (χ1) is 11.8. The van der Waals surface area contributed by atoms with Gasteiger partial charge < -0.3 is 10.1 Å². The molecular weight excluding hydrogens is 434 g/mol. The Morgan fingerprint density at radius 3 is 2.64 bits per heavy atom. The molecule has 0 atom stereocenters. The van der Waals surface area contributed by atoms with Crippen molar-refractivity contribution in [2.24, 2.45) is 0 Å². The lowest BCUT2D eigenvalue weighted by molar-refractivity contribution is -0.384. The Morgan fingerprint density at radius 1 is 1.32 bits per heavy atom. The maximum Gasteiger partial charge on any atom is 0.288 e. The Labute approximate surface area is 161 Å². The topological polar surface area (TPSA) is 93.5 Å². The Hall–Kier alpha value is -2.23. The average Bonchev–Trinajstić information content (AvgIpc) is 2.54. The first-order valence-electron chi connectivity index (χ1n) is 6.71. The zero-order valence-corrected chi connectivity index (χ0v) is 15.9. The number of rotatable bonds is 4. The molecule has 130 valence electrons. The van der Waals surface area contributed by atoms with Gasteiger partial charge in [-0.3, -0.25) is 20.2 Å². The second-order valence-electron chi connectivity index (χ2n) is 4.68. The second-order valence-corrected chi connectivity index (χ2v) is 6.35. The number of carbonyl (C=O) groups is 1. The van der Waals surface area contributed by atoms with Gasteiger partial charge in [-0.05, 0) is 58.5 Å². The Morgan fingerprint density at radius 2 is 2.04 bits per heavy atom. The molecule has 2 aromatic carbocycles. The minimum Gasteiger partial charge on any atom is -0.496 e. The number of nitrogens with zero attached hydrogens (tertiary/aromatic N) is 1.